The van der Waals surface area contributed by atoms with Gasteiger partial charge in [0.2, 0.25) is 0 Å². The number of anilines is 1. The van der Waals surface area contributed by atoms with E-state index in [4.69, 9.17) is 4.74 Å². The van der Waals surface area contributed by atoms with Crippen LogP contribution in [0, 0.1) is 6.92 Å². The number of hydrogen-bond acceptors (Lipinski definition) is 5. The van der Waals surface area contributed by atoms with Crippen molar-refractivity contribution < 1.29 is 23.9 Å². The van der Waals surface area contributed by atoms with Gasteiger partial charge < -0.3 is 9.64 Å². The van der Waals surface area contributed by atoms with Crippen molar-refractivity contribution in [3.8, 4) is 0 Å². The molecule has 0 unspecified atom stereocenters. The number of para-hydroxylation sites is 1. The molecule has 3 amide bonds. The van der Waals surface area contributed by atoms with Crippen molar-refractivity contribution in [3.63, 3.8) is 0 Å². The van der Waals surface area contributed by atoms with E-state index in [0.717, 1.165) is 22.4 Å². The van der Waals surface area contributed by atoms with Crippen LogP contribution >= 0.6 is 0 Å². The third kappa shape index (κ3) is 3.75. The Labute approximate surface area is 196 Å². The summed E-state index contributed by atoms with van der Waals surface area (Å²) in [6.45, 7) is 2.48. The SMILES string of the molecule is Cc1ccccc1N1C(=O)c2ccc(C(=O)OCC(=O)N3CCc4ccccc4C3)cc2C1=O. The highest BCUT2D eigenvalue weighted by Gasteiger charge is 2.37. The number of fused-ring (bicyclic) bond motifs is 2. The van der Waals surface area contributed by atoms with Crippen LogP contribution < -0.4 is 4.90 Å². The topological polar surface area (TPSA) is 84.0 Å². The lowest BCUT2D eigenvalue weighted by atomic mass is 10.00. The molecule has 0 radical (unpaired) electrons. The van der Waals surface area contributed by atoms with Gasteiger partial charge >= 0.3 is 5.97 Å². The number of benzene rings is 3. The van der Waals surface area contributed by atoms with E-state index in [1.54, 1.807) is 17.0 Å². The minimum absolute atomic E-state index is 0.114. The van der Waals surface area contributed by atoms with Gasteiger partial charge in [-0.1, -0.05) is 42.5 Å². The maximum atomic E-state index is 13.0. The second kappa shape index (κ2) is 8.59. The summed E-state index contributed by atoms with van der Waals surface area (Å²) in [5.41, 5.74) is 4.09. The molecule has 34 heavy (non-hydrogen) atoms. The fourth-order valence-electron chi connectivity index (χ4n) is 4.41. The Balaban J connectivity index is 1.27. The van der Waals surface area contributed by atoms with Gasteiger partial charge in [0.25, 0.3) is 17.7 Å². The molecule has 0 fully saturated rings. The second-order valence-corrected chi connectivity index (χ2v) is 8.40. The number of nitrogens with zero attached hydrogens (tertiary/aromatic N) is 2. The maximum absolute atomic E-state index is 13.0. The Morgan fingerprint density at radius 2 is 1.59 bits per heavy atom. The first-order valence-corrected chi connectivity index (χ1v) is 11.0. The molecule has 3 aromatic rings. The highest BCUT2D eigenvalue weighted by Crippen LogP contribution is 2.31. The van der Waals surface area contributed by atoms with Crippen LogP contribution in [0.1, 0.15) is 47.8 Å². The summed E-state index contributed by atoms with van der Waals surface area (Å²) in [6.07, 6.45) is 0.758. The fraction of sp³-hybridized carbons (Fsp3) is 0.185. The molecule has 170 valence electrons. The maximum Gasteiger partial charge on any atom is 0.338 e. The summed E-state index contributed by atoms with van der Waals surface area (Å²) in [5.74, 6) is -1.93. The average molecular weight is 454 g/mol. The lowest BCUT2D eigenvalue weighted by Gasteiger charge is -2.28. The number of esters is 1. The van der Waals surface area contributed by atoms with Crippen LogP contribution in [-0.4, -0.2) is 41.7 Å². The number of ether oxygens (including phenoxy) is 1. The van der Waals surface area contributed by atoms with Crippen molar-refractivity contribution in [2.45, 2.75) is 19.9 Å². The fourth-order valence-corrected chi connectivity index (χ4v) is 4.41. The molecular weight excluding hydrogens is 432 g/mol. The molecule has 3 aromatic carbocycles. The molecule has 5 rings (SSSR count). The third-order valence-corrected chi connectivity index (χ3v) is 6.29. The number of hydrogen-bond donors (Lipinski definition) is 0. The van der Waals surface area contributed by atoms with Crippen LogP contribution in [0.15, 0.2) is 66.7 Å². The lowest BCUT2D eigenvalue weighted by Crippen LogP contribution is -2.38. The summed E-state index contributed by atoms with van der Waals surface area (Å²) >= 11 is 0. The van der Waals surface area contributed by atoms with Crippen molar-refractivity contribution in [1.82, 2.24) is 4.90 Å². The Kier molecular flexibility index (Phi) is 5.45. The normalized spacial score (nSPS) is 14.6. The van der Waals surface area contributed by atoms with Crippen LogP contribution in [-0.2, 0) is 22.5 Å². The van der Waals surface area contributed by atoms with Crippen LogP contribution in [0.4, 0.5) is 5.69 Å². The third-order valence-electron chi connectivity index (χ3n) is 6.29. The minimum atomic E-state index is -0.719. The van der Waals surface area contributed by atoms with Gasteiger partial charge in [0.15, 0.2) is 6.61 Å². The molecule has 0 saturated heterocycles. The molecule has 0 aromatic heterocycles. The highest BCUT2D eigenvalue weighted by atomic mass is 16.5. The lowest BCUT2D eigenvalue weighted by molar-refractivity contribution is -0.135. The number of rotatable bonds is 4. The first-order chi connectivity index (χ1) is 16.4. The first-order valence-electron chi connectivity index (χ1n) is 11.0. The van der Waals surface area contributed by atoms with Gasteiger partial charge in [0.1, 0.15) is 0 Å². The zero-order chi connectivity index (χ0) is 23.8. The largest absolute Gasteiger partial charge is 0.452 e. The van der Waals surface area contributed by atoms with Crippen LogP contribution in [0.3, 0.4) is 0 Å². The number of aryl methyl sites for hydroxylation is 1. The van der Waals surface area contributed by atoms with Gasteiger partial charge in [0, 0.05) is 13.1 Å². The zero-order valence-corrected chi connectivity index (χ0v) is 18.6. The van der Waals surface area contributed by atoms with Gasteiger partial charge in [-0.15, -0.1) is 0 Å². The van der Waals surface area contributed by atoms with E-state index in [-0.39, 0.29) is 29.2 Å². The summed E-state index contributed by atoms with van der Waals surface area (Å²) in [7, 11) is 0. The van der Waals surface area contributed by atoms with E-state index in [0.29, 0.717) is 18.8 Å². The molecule has 0 spiro atoms. The van der Waals surface area contributed by atoms with Crippen LogP contribution in [0.25, 0.3) is 0 Å². The van der Waals surface area contributed by atoms with E-state index >= 15 is 0 Å². The predicted molar refractivity (Wildman–Crippen MR) is 125 cm³/mol. The summed E-state index contributed by atoms with van der Waals surface area (Å²) in [4.78, 5) is 53.9. The molecule has 0 saturated carbocycles. The molecule has 0 bridgehead atoms. The number of imide groups is 1. The Morgan fingerprint density at radius 1 is 0.882 bits per heavy atom. The van der Waals surface area contributed by atoms with Gasteiger partial charge in [-0.25, -0.2) is 9.69 Å². The number of amides is 3. The van der Waals surface area contributed by atoms with Crippen LogP contribution in [0.5, 0.6) is 0 Å². The van der Waals surface area contributed by atoms with E-state index < -0.39 is 17.8 Å². The molecule has 7 heteroatoms. The standard InChI is InChI=1S/C27H22N2O5/c1-17-6-2-5-9-23(17)29-25(31)21-11-10-19(14-22(21)26(29)32)27(33)34-16-24(30)28-13-12-18-7-3-4-8-20(18)15-28/h2-11,14H,12-13,15-16H2,1H3. The zero-order valence-electron chi connectivity index (χ0n) is 18.6. The monoisotopic (exact) mass is 454 g/mol. The van der Waals surface area contributed by atoms with Gasteiger partial charge in [0.05, 0.1) is 22.4 Å². The summed E-state index contributed by atoms with van der Waals surface area (Å²) in [6, 6.07) is 19.3. The van der Waals surface area contributed by atoms with E-state index in [9.17, 15) is 19.2 Å². The Bertz CT molecular complexity index is 1350. The van der Waals surface area contributed by atoms with Crippen molar-refractivity contribution >= 4 is 29.4 Å². The van der Waals surface area contributed by atoms with Crippen molar-refractivity contribution in [2.75, 3.05) is 18.1 Å². The minimum Gasteiger partial charge on any atom is -0.452 e. The summed E-state index contributed by atoms with van der Waals surface area (Å²) < 4.78 is 5.24. The quantitative estimate of drug-likeness (QED) is 0.445. The van der Waals surface area contributed by atoms with E-state index in [1.165, 1.54) is 23.8 Å². The molecule has 0 aliphatic carbocycles. The first kappa shape index (κ1) is 21.6. The smallest absolute Gasteiger partial charge is 0.338 e. The Morgan fingerprint density at radius 3 is 2.38 bits per heavy atom. The van der Waals surface area contributed by atoms with Crippen LogP contribution in [0.2, 0.25) is 0 Å². The second-order valence-electron chi connectivity index (χ2n) is 8.40. The van der Waals surface area contributed by atoms with Crippen molar-refractivity contribution in [2.24, 2.45) is 0 Å². The summed E-state index contributed by atoms with van der Waals surface area (Å²) in [5, 5.41) is 0. The van der Waals surface area contributed by atoms with Crippen molar-refractivity contribution in [3.05, 3.63) is 100 Å². The van der Waals surface area contributed by atoms with Gasteiger partial charge in [-0.2, -0.15) is 0 Å². The molecule has 0 N–H and O–H groups in total. The molecule has 2 heterocycles. The molecule has 0 atom stereocenters. The Hall–Kier alpha value is -4.26. The van der Waals surface area contributed by atoms with Gasteiger partial charge in [-0.05, 0) is 54.3 Å². The molecule has 2 aliphatic rings. The van der Waals surface area contributed by atoms with E-state index in [2.05, 4.69) is 6.07 Å². The average Bonchev–Trinajstić information content (AvgIpc) is 3.11. The molecule has 7 nitrogen and oxygen atoms in total. The van der Waals surface area contributed by atoms with E-state index in [1.807, 2.05) is 37.3 Å². The van der Waals surface area contributed by atoms with Gasteiger partial charge in [-0.3, -0.25) is 14.4 Å². The molecular formula is C27H22N2O5. The van der Waals surface area contributed by atoms with Crippen molar-refractivity contribution in [1.29, 1.82) is 0 Å². The molecule has 2 aliphatic heterocycles. The highest BCUT2D eigenvalue weighted by molar-refractivity contribution is 6.34. The number of carbonyl (C=O) groups is 4. The number of carbonyl (C=O) groups excluding carboxylic acids is 4. The predicted octanol–water partition coefficient (Wildman–Crippen LogP) is 3.54.